The second-order valence-corrected chi connectivity index (χ2v) is 5.89. The van der Waals surface area contributed by atoms with E-state index in [1.807, 2.05) is 25.2 Å². The van der Waals surface area contributed by atoms with Crippen molar-refractivity contribution in [3.63, 3.8) is 0 Å². The Bertz CT molecular complexity index is 650. The van der Waals surface area contributed by atoms with E-state index in [1.165, 1.54) is 0 Å². The van der Waals surface area contributed by atoms with Crippen LogP contribution in [0.4, 0.5) is 5.82 Å². The number of hydrogen-bond acceptors (Lipinski definition) is 5. The van der Waals surface area contributed by atoms with Gasteiger partial charge >= 0.3 is 0 Å². The minimum atomic E-state index is 0.390. The lowest BCUT2D eigenvalue weighted by atomic mass is 10.2. The van der Waals surface area contributed by atoms with Crippen molar-refractivity contribution in [2.24, 2.45) is 0 Å². The molecule has 0 radical (unpaired) electrons. The molecule has 1 aromatic carbocycles. The highest BCUT2D eigenvalue weighted by Gasteiger charge is 2.15. The lowest BCUT2D eigenvalue weighted by Gasteiger charge is -2.13. The Balaban J connectivity index is 2.63. The van der Waals surface area contributed by atoms with Crippen LogP contribution >= 0.6 is 31.9 Å². The number of nitrogens with one attached hydrogen (secondary N) is 1. The van der Waals surface area contributed by atoms with Crippen LogP contribution in [0.3, 0.4) is 0 Å². The molecule has 112 valence electrons. The van der Waals surface area contributed by atoms with Crippen LogP contribution in [0, 0.1) is 0 Å². The maximum atomic E-state index is 5.39. The van der Waals surface area contributed by atoms with Crippen molar-refractivity contribution in [3.05, 3.63) is 32.8 Å². The molecule has 0 spiro atoms. The lowest BCUT2D eigenvalue weighted by Crippen LogP contribution is -2.05. The van der Waals surface area contributed by atoms with Gasteiger partial charge < -0.3 is 14.8 Å². The van der Waals surface area contributed by atoms with Crippen LogP contribution in [-0.2, 0) is 11.3 Å². The summed E-state index contributed by atoms with van der Waals surface area (Å²) in [6, 6.07) is 5.72. The second kappa shape index (κ2) is 7.20. The number of rotatable bonds is 5. The third-order valence-corrected chi connectivity index (χ3v) is 4.17. The van der Waals surface area contributed by atoms with Gasteiger partial charge in [-0.1, -0.05) is 15.9 Å². The minimum absolute atomic E-state index is 0.390. The number of halogens is 2. The molecule has 7 heteroatoms. The number of methoxy groups -OCH3 is 2. The summed E-state index contributed by atoms with van der Waals surface area (Å²) in [7, 11) is 5.07. The third-order valence-electron chi connectivity index (χ3n) is 2.84. The van der Waals surface area contributed by atoms with E-state index >= 15 is 0 Å². The van der Waals surface area contributed by atoms with E-state index in [0.717, 1.165) is 20.2 Å². The van der Waals surface area contributed by atoms with Gasteiger partial charge in [0.25, 0.3) is 0 Å². The summed E-state index contributed by atoms with van der Waals surface area (Å²) in [5, 5.41) is 3.05. The molecule has 2 rings (SSSR count). The third kappa shape index (κ3) is 3.53. The molecule has 0 bridgehead atoms. The molecule has 0 fully saturated rings. The molecular formula is C14H15Br2N3O2. The number of nitrogens with zero attached hydrogens (tertiary/aromatic N) is 2. The lowest BCUT2D eigenvalue weighted by molar-refractivity contribution is 0.181. The van der Waals surface area contributed by atoms with Gasteiger partial charge in [-0.2, -0.15) is 0 Å². The maximum absolute atomic E-state index is 5.39. The summed E-state index contributed by atoms with van der Waals surface area (Å²) in [6.45, 7) is 0.390. The van der Waals surface area contributed by atoms with E-state index in [0.29, 0.717) is 24.0 Å². The minimum Gasteiger partial charge on any atom is -0.496 e. The molecule has 0 saturated carbocycles. The monoisotopic (exact) mass is 415 g/mol. The standard InChI is InChI=1S/C14H15Br2N3O2/c1-17-14-12(16)10(7-20-2)18-13(19-14)9-6-8(15)4-5-11(9)21-3/h4-6H,7H2,1-3H3,(H,17,18,19). The molecule has 1 N–H and O–H groups in total. The average Bonchev–Trinajstić information content (AvgIpc) is 2.49. The van der Waals surface area contributed by atoms with Crippen LogP contribution in [0.2, 0.25) is 0 Å². The normalized spacial score (nSPS) is 10.5. The van der Waals surface area contributed by atoms with Crippen LogP contribution in [0.1, 0.15) is 5.69 Å². The molecular weight excluding hydrogens is 402 g/mol. The van der Waals surface area contributed by atoms with Crippen LogP contribution in [0.15, 0.2) is 27.1 Å². The van der Waals surface area contributed by atoms with E-state index < -0.39 is 0 Å². The predicted molar refractivity (Wildman–Crippen MR) is 89.7 cm³/mol. The number of aromatic nitrogens is 2. The van der Waals surface area contributed by atoms with Crippen molar-refractivity contribution >= 4 is 37.7 Å². The van der Waals surface area contributed by atoms with Crippen molar-refractivity contribution in [2.45, 2.75) is 6.61 Å². The van der Waals surface area contributed by atoms with E-state index in [-0.39, 0.29) is 0 Å². The van der Waals surface area contributed by atoms with Crippen molar-refractivity contribution in [1.82, 2.24) is 9.97 Å². The van der Waals surface area contributed by atoms with Crippen LogP contribution in [0.5, 0.6) is 5.75 Å². The van der Waals surface area contributed by atoms with Crippen molar-refractivity contribution in [2.75, 3.05) is 26.6 Å². The van der Waals surface area contributed by atoms with E-state index in [1.54, 1.807) is 14.2 Å². The fourth-order valence-electron chi connectivity index (χ4n) is 1.87. The van der Waals surface area contributed by atoms with Gasteiger partial charge in [-0.05, 0) is 34.1 Å². The van der Waals surface area contributed by atoms with Crippen LogP contribution in [0.25, 0.3) is 11.4 Å². The van der Waals surface area contributed by atoms with Gasteiger partial charge in [0.15, 0.2) is 5.82 Å². The SMILES string of the molecule is CNc1nc(-c2cc(Br)ccc2OC)nc(COC)c1Br. The molecule has 21 heavy (non-hydrogen) atoms. The molecule has 0 aliphatic rings. The van der Waals surface area contributed by atoms with Crippen LogP contribution < -0.4 is 10.1 Å². The van der Waals surface area contributed by atoms with Gasteiger partial charge in [0.2, 0.25) is 0 Å². The largest absolute Gasteiger partial charge is 0.496 e. The maximum Gasteiger partial charge on any atom is 0.165 e. The van der Waals surface area contributed by atoms with E-state index in [2.05, 4.69) is 47.1 Å². The molecule has 1 aromatic heterocycles. The molecule has 0 aliphatic carbocycles. The zero-order chi connectivity index (χ0) is 15.4. The molecule has 0 atom stereocenters. The Morgan fingerprint density at radius 3 is 2.57 bits per heavy atom. The quantitative estimate of drug-likeness (QED) is 0.801. The first-order valence-corrected chi connectivity index (χ1v) is 7.76. The number of benzene rings is 1. The van der Waals surface area contributed by atoms with Gasteiger partial charge in [-0.25, -0.2) is 9.97 Å². The number of hydrogen-bond donors (Lipinski definition) is 1. The first kappa shape index (κ1) is 16.2. The van der Waals surface area contributed by atoms with Gasteiger partial charge in [0.05, 0.1) is 29.4 Å². The molecule has 0 saturated heterocycles. The van der Waals surface area contributed by atoms with Gasteiger partial charge in [-0.15, -0.1) is 0 Å². The molecule has 2 aromatic rings. The number of ether oxygens (including phenoxy) is 2. The van der Waals surface area contributed by atoms with Gasteiger partial charge in [0.1, 0.15) is 11.6 Å². The summed E-state index contributed by atoms with van der Waals surface area (Å²) in [6.07, 6.45) is 0. The summed E-state index contributed by atoms with van der Waals surface area (Å²) in [4.78, 5) is 9.09. The summed E-state index contributed by atoms with van der Waals surface area (Å²) < 4.78 is 12.3. The van der Waals surface area contributed by atoms with Gasteiger partial charge in [-0.3, -0.25) is 0 Å². The first-order valence-electron chi connectivity index (χ1n) is 6.17. The molecule has 1 heterocycles. The molecule has 0 aliphatic heterocycles. The fraction of sp³-hybridized carbons (Fsp3) is 0.286. The summed E-state index contributed by atoms with van der Waals surface area (Å²) in [5.74, 6) is 1.99. The summed E-state index contributed by atoms with van der Waals surface area (Å²) in [5.41, 5.74) is 1.59. The van der Waals surface area contributed by atoms with E-state index in [9.17, 15) is 0 Å². The fourth-order valence-corrected chi connectivity index (χ4v) is 2.72. The highest BCUT2D eigenvalue weighted by Crippen LogP contribution is 2.33. The van der Waals surface area contributed by atoms with Crippen molar-refractivity contribution in [1.29, 1.82) is 0 Å². The van der Waals surface area contributed by atoms with E-state index in [4.69, 9.17) is 9.47 Å². The molecule has 0 amide bonds. The number of anilines is 1. The Labute approximate surface area is 140 Å². The highest BCUT2D eigenvalue weighted by atomic mass is 79.9. The average molecular weight is 417 g/mol. The van der Waals surface area contributed by atoms with Crippen molar-refractivity contribution < 1.29 is 9.47 Å². The topological polar surface area (TPSA) is 56.3 Å². The zero-order valence-corrected chi connectivity index (χ0v) is 15.1. The predicted octanol–water partition coefficient (Wildman–Crippen LogP) is 3.87. The first-order chi connectivity index (χ1) is 10.1. The van der Waals surface area contributed by atoms with Gasteiger partial charge in [0, 0.05) is 18.6 Å². The Morgan fingerprint density at radius 2 is 1.95 bits per heavy atom. The van der Waals surface area contributed by atoms with Crippen molar-refractivity contribution in [3.8, 4) is 17.1 Å². The smallest absolute Gasteiger partial charge is 0.165 e. The highest BCUT2D eigenvalue weighted by molar-refractivity contribution is 9.11. The molecule has 0 unspecified atom stereocenters. The van der Waals surface area contributed by atoms with Crippen LogP contribution in [-0.4, -0.2) is 31.2 Å². The Kier molecular flexibility index (Phi) is 5.55. The Hall–Kier alpha value is -1.18. The zero-order valence-electron chi connectivity index (χ0n) is 11.9. The molecule has 5 nitrogen and oxygen atoms in total. The summed E-state index contributed by atoms with van der Waals surface area (Å²) >= 11 is 6.95. The Morgan fingerprint density at radius 1 is 1.19 bits per heavy atom. The second-order valence-electron chi connectivity index (χ2n) is 4.18.